The van der Waals surface area contributed by atoms with Gasteiger partial charge in [0, 0.05) is 35.4 Å². The van der Waals surface area contributed by atoms with Crippen LogP contribution in [0.1, 0.15) is 19.5 Å². The van der Waals surface area contributed by atoms with Crippen molar-refractivity contribution in [3.05, 3.63) is 47.5 Å². The number of hydrogen-bond donors (Lipinski definition) is 0. The Bertz CT molecular complexity index is 441. The maximum atomic E-state index is 5.88. The van der Waals surface area contributed by atoms with Gasteiger partial charge in [0.25, 0.3) is 0 Å². The summed E-state index contributed by atoms with van der Waals surface area (Å²) in [7, 11) is 0. The molecular weight excluding hydrogens is 220 g/mol. The highest BCUT2D eigenvalue weighted by Crippen LogP contribution is 2.23. The lowest BCUT2D eigenvalue weighted by Crippen LogP contribution is -1.87. The predicted molar refractivity (Wildman–Crippen MR) is 68.6 cm³/mol. The first-order valence-electron chi connectivity index (χ1n) is 5.30. The molecule has 2 aromatic heterocycles. The standard InChI is InChI=1S/C11H9ClN2.C2H6/c1-8-11(5-10(12)7-14-8)9-3-2-4-13-6-9;1-2/h2-7H,1H3;1-2H3. The van der Waals surface area contributed by atoms with Gasteiger partial charge >= 0.3 is 0 Å². The summed E-state index contributed by atoms with van der Waals surface area (Å²) >= 11 is 5.88. The molecule has 0 aromatic carbocycles. The Labute approximate surface area is 101 Å². The average molecular weight is 235 g/mol. The number of aryl methyl sites for hydroxylation is 1. The Morgan fingerprint density at radius 3 is 2.56 bits per heavy atom. The first-order valence-corrected chi connectivity index (χ1v) is 5.68. The number of nitrogens with zero attached hydrogens (tertiary/aromatic N) is 2. The highest BCUT2D eigenvalue weighted by Gasteiger charge is 2.03. The molecule has 0 fully saturated rings. The number of halogens is 1. The first-order chi connectivity index (χ1) is 7.77. The lowest BCUT2D eigenvalue weighted by Gasteiger charge is -2.04. The zero-order chi connectivity index (χ0) is 12.0. The fourth-order valence-electron chi connectivity index (χ4n) is 1.32. The molecule has 0 N–H and O–H groups in total. The molecule has 16 heavy (non-hydrogen) atoms. The molecule has 2 rings (SSSR count). The summed E-state index contributed by atoms with van der Waals surface area (Å²) in [5.41, 5.74) is 3.04. The van der Waals surface area contributed by atoms with Gasteiger partial charge < -0.3 is 0 Å². The molecule has 2 aromatic rings. The maximum absolute atomic E-state index is 5.88. The molecule has 0 spiro atoms. The van der Waals surface area contributed by atoms with Crippen LogP contribution in [0.4, 0.5) is 0 Å². The summed E-state index contributed by atoms with van der Waals surface area (Å²) in [6.07, 6.45) is 5.20. The van der Waals surface area contributed by atoms with E-state index >= 15 is 0 Å². The van der Waals surface area contributed by atoms with E-state index in [4.69, 9.17) is 11.6 Å². The number of hydrogen-bond acceptors (Lipinski definition) is 2. The average Bonchev–Trinajstić information content (AvgIpc) is 2.36. The van der Waals surface area contributed by atoms with E-state index in [1.54, 1.807) is 18.6 Å². The van der Waals surface area contributed by atoms with Gasteiger partial charge in [0.05, 0.1) is 5.02 Å². The largest absolute Gasteiger partial charge is 0.264 e. The molecule has 0 radical (unpaired) electrons. The number of aromatic nitrogens is 2. The summed E-state index contributed by atoms with van der Waals surface area (Å²) in [6.45, 7) is 5.96. The smallest absolute Gasteiger partial charge is 0.0595 e. The molecule has 0 aliphatic rings. The van der Waals surface area contributed by atoms with Crippen molar-refractivity contribution in [3.8, 4) is 11.1 Å². The van der Waals surface area contributed by atoms with Crippen LogP contribution in [0.15, 0.2) is 36.8 Å². The molecule has 84 valence electrons. The van der Waals surface area contributed by atoms with Gasteiger partial charge in [-0.3, -0.25) is 9.97 Å². The molecule has 2 heterocycles. The second kappa shape index (κ2) is 6.23. The molecule has 0 atom stereocenters. The van der Waals surface area contributed by atoms with Crippen molar-refractivity contribution >= 4 is 11.6 Å². The molecule has 0 aliphatic heterocycles. The zero-order valence-electron chi connectivity index (χ0n) is 9.74. The minimum absolute atomic E-state index is 0.648. The third kappa shape index (κ3) is 3.04. The molecule has 0 amide bonds. The summed E-state index contributed by atoms with van der Waals surface area (Å²) in [4.78, 5) is 8.26. The minimum atomic E-state index is 0.648. The van der Waals surface area contributed by atoms with Crippen molar-refractivity contribution in [2.45, 2.75) is 20.8 Å². The van der Waals surface area contributed by atoms with Crippen molar-refractivity contribution in [1.82, 2.24) is 9.97 Å². The Kier molecular flexibility index (Phi) is 4.93. The molecule has 0 bridgehead atoms. The Morgan fingerprint density at radius 2 is 1.94 bits per heavy atom. The van der Waals surface area contributed by atoms with Crippen molar-refractivity contribution in [1.29, 1.82) is 0 Å². The minimum Gasteiger partial charge on any atom is -0.264 e. The van der Waals surface area contributed by atoms with Crippen molar-refractivity contribution in [3.63, 3.8) is 0 Å². The lowest BCUT2D eigenvalue weighted by atomic mass is 10.1. The van der Waals surface area contributed by atoms with Crippen LogP contribution in [0.2, 0.25) is 5.02 Å². The quantitative estimate of drug-likeness (QED) is 0.742. The van der Waals surface area contributed by atoms with Crippen LogP contribution < -0.4 is 0 Å². The second-order valence-corrected chi connectivity index (χ2v) is 3.46. The van der Waals surface area contributed by atoms with E-state index in [1.807, 2.05) is 39.0 Å². The fraction of sp³-hybridized carbons (Fsp3) is 0.231. The van der Waals surface area contributed by atoms with Crippen LogP contribution in [-0.4, -0.2) is 9.97 Å². The third-order valence-corrected chi connectivity index (χ3v) is 2.23. The SMILES string of the molecule is CC.Cc1ncc(Cl)cc1-c1cccnc1. The molecule has 3 heteroatoms. The van der Waals surface area contributed by atoms with Crippen LogP contribution in [0.25, 0.3) is 11.1 Å². The van der Waals surface area contributed by atoms with E-state index in [-0.39, 0.29) is 0 Å². The fourth-order valence-corrected chi connectivity index (χ4v) is 1.48. The van der Waals surface area contributed by atoms with Gasteiger partial charge in [0.1, 0.15) is 0 Å². The molecule has 0 saturated heterocycles. The Balaban J connectivity index is 0.000000606. The second-order valence-electron chi connectivity index (χ2n) is 3.03. The number of pyridine rings is 2. The number of rotatable bonds is 1. The van der Waals surface area contributed by atoms with E-state index in [9.17, 15) is 0 Å². The lowest BCUT2D eigenvalue weighted by molar-refractivity contribution is 1.20. The maximum Gasteiger partial charge on any atom is 0.0595 e. The first kappa shape index (κ1) is 12.7. The van der Waals surface area contributed by atoms with Gasteiger partial charge in [-0.05, 0) is 19.1 Å². The highest BCUT2D eigenvalue weighted by atomic mass is 35.5. The van der Waals surface area contributed by atoms with Crippen molar-refractivity contribution in [2.75, 3.05) is 0 Å². The monoisotopic (exact) mass is 234 g/mol. The van der Waals surface area contributed by atoms with Crippen LogP contribution in [0.5, 0.6) is 0 Å². The van der Waals surface area contributed by atoms with Gasteiger partial charge in [-0.25, -0.2) is 0 Å². The highest BCUT2D eigenvalue weighted by molar-refractivity contribution is 6.30. The molecular formula is C13H15ClN2. The predicted octanol–water partition coefficient (Wildman–Crippen LogP) is 4.13. The molecule has 0 unspecified atom stereocenters. The van der Waals surface area contributed by atoms with E-state index in [0.29, 0.717) is 5.02 Å². The van der Waals surface area contributed by atoms with E-state index in [0.717, 1.165) is 16.8 Å². The van der Waals surface area contributed by atoms with Gasteiger partial charge in [-0.15, -0.1) is 0 Å². The van der Waals surface area contributed by atoms with Crippen molar-refractivity contribution in [2.24, 2.45) is 0 Å². The van der Waals surface area contributed by atoms with Gasteiger partial charge in [-0.1, -0.05) is 31.5 Å². The Hall–Kier alpha value is -1.41. The van der Waals surface area contributed by atoms with Crippen molar-refractivity contribution < 1.29 is 0 Å². The topological polar surface area (TPSA) is 25.8 Å². The molecule has 0 aliphatic carbocycles. The van der Waals surface area contributed by atoms with Crippen LogP contribution >= 0.6 is 11.6 Å². The van der Waals surface area contributed by atoms with Crippen LogP contribution in [0.3, 0.4) is 0 Å². The van der Waals surface area contributed by atoms with Gasteiger partial charge in [0.15, 0.2) is 0 Å². The molecule has 0 saturated carbocycles. The van der Waals surface area contributed by atoms with Crippen LogP contribution in [0, 0.1) is 6.92 Å². The summed E-state index contributed by atoms with van der Waals surface area (Å²) in [6, 6.07) is 5.80. The summed E-state index contributed by atoms with van der Waals surface area (Å²) in [5.74, 6) is 0. The third-order valence-electron chi connectivity index (χ3n) is 2.03. The van der Waals surface area contributed by atoms with Gasteiger partial charge in [-0.2, -0.15) is 0 Å². The van der Waals surface area contributed by atoms with E-state index in [2.05, 4.69) is 9.97 Å². The van der Waals surface area contributed by atoms with Crippen LogP contribution in [-0.2, 0) is 0 Å². The summed E-state index contributed by atoms with van der Waals surface area (Å²) < 4.78 is 0. The van der Waals surface area contributed by atoms with Gasteiger partial charge in [0.2, 0.25) is 0 Å². The Morgan fingerprint density at radius 1 is 1.19 bits per heavy atom. The molecule has 2 nitrogen and oxygen atoms in total. The summed E-state index contributed by atoms with van der Waals surface area (Å²) in [5, 5.41) is 0.648. The zero-order valence-corrected chi connectivity index (χ0v) is 10.5. The van der Waals surface area contributed by atoms with E-state index in [1.165, 1.54) is 0 Å². The van der Waals surface area contributed by atoms with E-state index < -0.39 is 0 Å². The normalized spacial score (nSPS) is 9.25.